The largest absolute Gasteiger partial charge is 0.497 e. The van der Waals surface area contributed by atoms with Crippen molar-refractivity contribution in [2.24, 2.45) is 0 Å². The van der Waals surface area contributed by atoms with Crippen molar-refractivity contribution in [3.63, 3.8) is 0 Å². The Morgan fingerprint density at radius 1 is 0.962 bits per heavy atom. The molecule has 0 bridgehead atoms. The molecule has 0 heterocycles. The van der Waals surface area contributed by atoms with Gasteiger partial charge in [-0.05, 0) is 34.7 Å². The summed E-state index contributed by atoms with van der Waals surface area (Å²) < 4.78 is 5.10. The number of anilines is 1. The molecule has 2 aromatic carbocycles. The molecule has 2 aromatic rings. The normalized spacial score (nSPS) is 10.9. The molecule has 0 unspecified atom stereocenters. The Labute approximate surface area is 154 Å². The fourth-order valence-corrected chi connectivity index (χ4v) is 2.59. The summed E-state index contributed by atoms with van der Waals surface area (Å²) in [6.07, 6.45) is -0.214. The van der Waals surface area contributed by atoms with Gasteiger partial charge in [0.05, 0.1) is 7.11 Å². The Balaban J connectivity index is 1.88. The van der Waals surface area contributed by atoms with Crippen molar-refractivity contribution in [1.82, 2.24) is 5.32 Å². The number of para-hydroxylation sites is 1. The maximum Gasteiger partial charge on any atom is 0.233 e. The van der Waals surface area contributed by atoms with Crippen molar-refractivity contribution >= 4 is 17.5 Å². The molecule has 0 aromatic heterocycles. The molecule has 0 saturated heterocycles. The molecule has 0 aliphatic carbocycles. The van der Waals surface area contributed by atoms with Gasteiger partial charge in [-0.3, -0.25) is 9.59 Å². The molecule has 2 amide bonds. The summed E-state index contributed by atoms with van der Waals surface area (Å²) in [4.78, 5) is 24.2. The van der Waals surface area contributed by atoms with Crippen molar-refractivity contribution in [1.29, 1.82) is 0 Å². The Morgan fingerprint density at radius 3 is 2.23 bits per heavy atom. The summed E-state index contributed by atoms with van der Waals surface area (Å²) in [7, 11) is 1.60. The topological polar surface area (TPSA) is 67.4 Å². The van der Waals surface area contributed by atoms with Gasteiger partial charge in [0.2, 0.25) is 11.8 Å². The summed E-state index contributed by atoms with van der Waals surface area (Å²) in [6.45, 7) is 6.62. The summed E-state index contributed by atoms with van der Waals surface area (Å²) in [5.74, 6) is 0.123. The molecule has 5 heteroatoms. The fraction of sp³-hybridized carbons (Fsp3) is 0.333. The van der Waals surface area contributed by atoms with E-state index in [4.69, 9.17) is 4.74 Å². The second kappa shape index (κ2) is 8.52. The van der Waals surface area contributed by atoms with E-state index in [0.29, 0.717) is 6.54 Å². The minimum Gasteiger partial charge on any atom is -0.497 e. The van der Waals surface area contributed by atoms with Crippen LogP contribution in [0.4, 0.5) is 5.69 Å². The molecule has 0 fully saturated rings. The van der Waals surface area contributed by atoms with E-state index in [2.05, 4.69) is 31.4 Å². The van der Waals surface area contributed by atoms with Crippen LogP contribution in [0.5, 0.6) is 5.75 Å². The number of nitrogens with one attached hydrogen (secondary N) is 2. The third-order valence-corrected chi connectivity index (χ3v) is 3.98. The highest BCUT2D eigenvalue weighted by Crippen LogP contribution is 2.29. The van der Waals surface area contributed by atoms with Gasteiger partial charge in [0.1, 0.15) is 12.2 Å². The molecular formula is C21H26N2O3. The number of methoxy groups -OCH3 is 1. The summed E-state index contributed by atoms with van der Waals surface area (Å²) in [6, 6.07) is 15.1. The molecule has 26 heavy (non-hydrogen) atoms. The lowest BCUT2D eigenvalue weighted by Crippen LogP contribution is -2.28. The lowest BCUT2D eigenvalue weighted by molar-refractivity contribution is -0.126. The Bertz CT molecular complexity index is 762. The average molecular weight is 354 g/mol. The quantitative estimate of drug-likeness (QED) is 0.778. The molecule has 5 nitrogen and oxygen atoms in total. The number of amides is 2. The number of hydrogen-bond acceptors (Lipinski definition) is 3. The Morgan fingerprint density at radius 2 is 1.62 bits per heavy atom. The standard InChI is InChI=1S/C21H26N2O3/c1-21(2,3)17-7-5-6-8-18(17)23-20(25)13-19(24)22-14-15-9-11-16(26-4)12-10-15/h5-12H,13-14H2,1-4H3,(H,22,24)(H,23,25). The van der Waals surface area contributed by atoms with Crippen LogP contribution < -0.4 is 15.4 Å². The van der Waals surface area contributed by atoms with E-state index in [-0.39, 0.29) is 23.7 Å². The minimum atomic E-state index is -0.325. The monoisotopic (exact) mass is 354 g/mol. The molecule has 0 radical (unpaired) electrons. The van der Waals surface area contributed by atoms with Crippen LogP contribution in [0.2, 0.25) is 0 Å². The van der Waals surface area contributed by atoms with Gasteiger partial charge in [-0.1, -0.05) is 51.1 Å². The number of carbonyl (C=O) groups excluding carboxylic acids is 2. The molecule has 0 aliphatic rings. The minimum absolute atomic E-state index is 0.0967. The van der Waals surface area contributed by atoms with Gasteiger partial charge in [-0.15, -0.1) is 0 Å². The molecule has 138 valence electrons. The highest BCUT2D eigenvalue weighted by molar-refractivity contribution is 6.03. The zero-order chi connectivity index (χ0) is 19.2. The number of carbonyl (C=O) groups is 2. The van der Waals surface area contributed by atoms with Crippen LogP contribution in [0.1, 0.15) is 38.3 Å². The van der Waals surface area contributed by atoms with Gasteiger partial charge >= 0.3 is 0 Å². The molecular weight excluding hydrogens is 328 g/mol. The number of ether oxygens (including phenoxy) is 1. The lowest BCUT2D eigenvalue weighted by atomic mass is 9.86. The average Bonchev–Trinajstić information content (AvgIpc) is 2.60. The molecule has 0 saturated carbocycles. The van der Waals surface area contributed by atoms with Gasteiger partial charge in [0.15, 0.2) is 0 Å². The van der Waals surface area contributed by atoms with Crippen LogP contribution in [0.25, 0.3) is 0 Å². The SMILES string of the molecule is COc1ccc(CNC(=O)CC(=O)Nc2ccccc2C(C)(C)C)cc1. The maximum absolute atomic E-state index is 12.2. The smallest absolute Gasteiger partial charge is 0.233 e. The van der Waals surface area contributed by atoms with E-state index in [9.17, 15) is 9.59 Å². The summed E-state index contributed by atoms with van der Waals surface area (Å²) in [5, 5.41) is 5.60. The van der Waals surface area contributed by atoms with Crippen LogP contribution in [0.3, 0.4) is 0 Å². The first kappa shape index (κ1) is 19.5. The molecule has 0 aliphatic heterocycles. The van der Waals surface area contributed by atoms with E-state index < -0.39 is 0 Å². The van der Waals surface area contributed by atoms with Crippen LogP contribution in [-0.4, -0.2) is 18.9 Å². The predicted molar refractivity (Wildman–Crippen MR) is 103 cm³/mol. The first-order valence-corrected chi connectivity index (χ1v) is 8.58. The molecule has 2 N–H and O–H groups in total. The highest BCUT2D eigenvalue weighted by Gasteiger charge is 2.19. The third kappa shape index (κ3) is 5.62. The van der Waals surface area contributed by atoms with Gasteiger partial charge in [-0.25, -0.2) is 0 Å². The van der Waals surface area contributed by atoms with Gasteiger partial charge < -0.3 is 15.4 Å². The second-order valence-corrected chi connectivity index (χ2v) is 7.15. The second-order valence-electron chi connectivity index (χ2n) is 7.15. The Hall–Kier alpha value is -2.82. The number of hydrogen-bond donors (Lipinski definition) is 2. The summed E-state index contributed by atoms with van der Waals surface area (Å²) in [5.41, 5.74) is 2.62. The highest BCUT2D eigenvalue weighted by atomic mass is 16.5. The zero-order valence-corrected chi connectivity index (χ0v) is 15.8. The van der Waals surface area contributed by atoms with E-state index in [1.54, 1.807) is 7.11 Å². The van der Waals surface area contributed by atoms with Crippen LogP contribution in [-0.2, 0) is 21.5 Å². The van der Waals surface area contributed by atoms with Gasteiger partial charge in [0, 0.05) is 12.2 Å². The maximum atomic E-state index is 12.2. The number of rotatable bonds is 6. The van der Waals surface area contributed by atoms with Crippen molar-refractivity contribution < 1.29 is 14.3 Å². The Kier molecular flexibility index (Phi) is 6.39. The first-order chi connectivity index (χ1) is 12.3. The van der Waals surface area contributed by atoms with Crippen molar-refractivity contribution in [3.05, 3.63) is 59.7 Å². The zero-order valence-electron chi connectivity index (χ0n) is 15.8. The van der Waals surface area contributed by atoms with E-state index >= 15 is 0 Å². The summed E-state index contributed by atoms with van der Waals surface area (Å²) >= 11 is 0. The predicted octanol–water partition coefficient (Wildman–Crippen LogP) is 3.64. The van der Waals surface area contributed by atoms with E-state index in [0.717, 1.165) is 22.6 Å². The van der Waals surface area contributed by atoms with Crippen molar-refractivity contribution in [2.75, 3.05) is 12.4 Å². The molecule has 2 rings (SSSR count). The fourth-order valence-electron chi connectivity index (χ4n) is 2.59. The number of benzene rings is 2. The van der Waals surface area contributed by atoms with Crippen molar-refractivity contribution in [2.45, 2.75) is 39.2 Å². The van der Waals surface area contributed by atoms with Crippen LogP contribution >= 0.6 is 0 Å². The van der Waals surface area contributed by atoms with Crippen LogP contribution in [0, 0.1) is 0 Å². The van der Waals surface area contributed by atoms with Crippen molar-refractivity contribution in [3.8, 4) is 5.75 Å². The lowest BCUT2D eigenvalue weighted by Gasteiger charge is -2.22. The van der Waals surface area contributed by atoms with Gasteiger partial charge in [0.25, 0.3) is 0 Å². The molecule has 0 atom stereocenters. The van der Waals surface area contributed by atoms with E-state index in [1.165, 1.54) is 0 Å². The van der Waals surface area contributed by atoms with Gasteiger partial charge in [-0.2, -0.15) is 0 Å². The molecule has 0 spiro atoms. The third-order valence-electron chi connectivity index (χ3n) is 3.98. The van der Waals surface area contributed by atoms with E-state index in [1.807, 2.05) is 48.5 Å². The van der Waals surface area contributed by atoms with Crippen LogP contribution in [0.15, 0.2) is 48.5 Å². The first-order valence-electron chi connectivity index (χ1n) is 8.58.